The molecule has 10 heteroatoms. The molecule has 1 aliphatic rings. The average molecular weight is 436 g/mol. The fourth-order valence-corrected chi connectivity index (χ4v) is 4.22. The van der Waals surface area contributed by atoms with Gasteiger partial charge in [0.2, 0.25) is 10.0 Å². The molecule has 0 amide bonds. The summed E-state index contributed by atoms with van der Waals surface area (Å²) in [5.74, 6) is -2.42. The summed E-state index contributed by atoms with van der Waals surface area (Å²) >= 11 is 0. The number of aromatic hydroxyl groups is 1. The molecular formula is C20H21FN2O6S. The van der Waals surface area contributed by atoms with Crippen molar-refractivity contribution >= 4 is 22.0 Å². The number of esters is 2. The quantitative estimate of drug-likeness (QED) is 0.441. The van der Waals surface area contributed by atoms with E-state index >= 15 is 0 Å². The van der Waals surface area contributed by atoms with Gasteiger partial charge >= 0.3 is 11.9 Å². The number of phenols is 1. The lowest BCUT2D eigenvalue weighted by molar-refractivity contribution is -0.162. The van der Waals surface area contributed by atoms with Crippen LogP contribution in [-0.2, 0) is 30.8 Å². The molecule has 160 valence electrons. The summed E-state index contributed by atoms with van der Waals surface area (Å²) in [5, 5.41) is 12.3. The third-order valence-corrected chi connectivity index (χ3v) is 6.12. The molecule has 0 unspecified atom stereocenters. The van der Waals surface area contributed by atoms with Crippen molar-refractivity contribution in [2.45, 2.75) is 36.2 Å². The number of hydrogen-bond donors (Lipinski definition) is 3. The maximum Gasteiger partial charge on any atom is 0.332 e. The van der Waals surface area contributed by atoms with Gasteiger partial charge in [0.15, 0.2) is 0 Å². The Morgan fingerprint density at radius 3 is 2.43 bits per heavy atom. The Hall–Kier alpha value is -2.82. The van der Waals surface area contributed by atoms with Crippen molar-refractivity contribution in [1.29, 1.82) is 0 Å². The van der Waals surface area contributed by atoms with Gasteiger partial charge in [-0.15, -0.1) is 0 Å². The minimum Gasteiger partial charge on any atom is -0.508 e. The zero-order chi connectivity index (χ0) is 21.7. The van der Waals surface area contributed by atoms with Crippen LogP contribution in [0.3, 0.4) is 0 Å². The second-order valence-electron chi connectivity index (χ2n) is 6.89. The first-order valence-electron chi connectivity index (χ1n) is 9.29. The molecule has 1 heterocycles. The Kier molecular flexibility index (Phi) is 6.80. The summed E-state index contributed by atoms with van der Waals surface area (Å²) < 4.78 is 45.6. The fraction of sp³-hybridized carbons (Fsp3) is 0.300. The van der Waals surface area contributed by atoms with Crippen LogP contribution in [0, 0.1) is 5.82 Å². The molecule has 8 nitrogen and oxygen atoms in total. The largest absolute Gasteiger partial charge is 0.508 e. The van der Waals surface area contributed by atoms with Crippen LogP contribution in [0.15, 0.2) is 53.4 Å². The number of halogens is 1. The van der Waals surface area contributed by atoms with Gasteiger partial charge in [0.25, 0.3) is 0 Å². The number of rotatable bonds is 7. The molecule has 0 bridgehead atoms. The van der Waals surface area contributed by atoms with Crippen LogP contribution in [0.2, 0.25) is 0 Å². The van der Waals surface area contributed by atoms with E-state index in [1.54, 1.807) is 0 Å². The third-order valence-electron chi connectivity index (χ3n) is 4.63. The fourth-order valence-electron chi connectivity index (χ4n) is 3.04. The van der Waals surface area contributed by atoms with Gasteiger partial charge in [0, 0.05) is 0 Å². The Balaban J connectivity index is 1.80. The number of ether oxygens (including phenoxy) is 1. The van der Waals surface area contributed by atoms with E-state index in [0.29, 0.717) is 18.5 Å². The zero-order valence-electron chi connectivity index (χ0n) is 15.9. The first kappa shape index (κ1) is 21.9. The van der Waals surface area contributed by atoms with Gasteiger partial charge in [0.1, 0.15) is 23.7 Å². The molecule has 1 saturated heterocycles. The summed E-state index contributed by atoms with van der Waals surface area (Å²) in [6.07, 6.45) is 1.17. The second-order valence-corrected chi connectivity index (χ2v) is 8.60. The molecule has 3 rings (SSSR count). The van der Waals surface area contributed by atoms with Crippen LogP contribution in [0.1, 0.15) is 18.4 Å². The molecule has 0 aromatic heterocycles. The first-order valence-corrected chi connectivity index (χ1v) is 10.8. The SMILES string of the molecule is O=C(OC(=O)[C@H](Cc1ccc(O)cc1)NS(=O)(=O)c1ccc(F)cc1)[C@@H]1CCCN1. The van der Waals surface area contributed by atoms with Crippen molar-refractivity contribution in [2.75, 3.05) is 6.54 Å². The molecule has 30 heavy (non-hydrogen) atoms. The molecule has 2 aromatic carbocycles. The van der Waals surface area contributed by atoms with Gasteiger partial charge in [-0.1, -0.05) is 12.1 Å². The number of hydrogen-bond acceptors (Lipinski definition) is 7. The molecule has 2 atom stereocenters. The predicted octanol–water partition coefficient (Wildman–Crippen LogP) is 1.24. The van der Waals surface area contributed by atoms with E-state index in [-0.39, 0.29) is 17.1 Å². The minimum atomic E-state index is -4.20. The van der Waals surface area contributed by atoms with Gasteiger partial charge in [-0.25, -0.2) is 22.4 Å². The predicted molar refractivity (Wildman–Crippen MR) is 104 cm³/mol. The molecular weight excluding hydrogens is 415 g/mol. The molecule has 0 saturated carbocycles. The topological polar surface area (TPSA) is 122 Å². The van der Waals surface area contributed by atoms with E-state index in [4.69, 9.17) is 4.74 Å². The van der Waals surface area contributed by atoms with E-state index in [2.05, 4.69) is 10.0 Å². The molecule has 0 radical (unpaired) electrons. The standard InChI is InChI=1S/C20H21FN2O6S/c21-14-5-9-16(10-6-14)30(27,28)23-18(12-13-3-7-15(24)8-4-13)20(26)29-19(25)17-2-1-11-22-17/h3-10,17-18,22-24H,1-2,11-12H2/t17-,18-/m0/s1. The summed E-state index contributed by atoms with van der Waals surface area (Å²) in [4.78, 5) is 24.6. The van der Waals surface area contributed by atoms with Crippen LogP contribution in [-0.4, -0.2) is 44.1 Å². The highest BCUT2D eigenvalue weighted by Crippen LogP contribution is 2.16. The Morgan fingerprint density at radius 2 is 1.83 bits per heavy atom. The number of carbonyl (C=O) groups excluding carboxylic acids is 2. The maximum atomic E-state index is 13.1. The lowest BCUT2D eigenvalue weighted by atomic mass is 10.1. The number of phenolic OH excluding ortho intramolecular Hbond substituents is 1. The van der Waals surface area contributed by atoms with Crippen LogP contribution in [0.5, 0.6) is 5.75 Å². The third kappa shape index (κ3) is 5.62. The van der Waals surface area contributed by atoms with Gasteiger partial charge in [-0.3, -0.25) is 0 Å². The Bertz CT molecular complexity index is 1000. The van der Waals surface area contributed by atoms with Gasteiger partial charge in [-0.2, -0.15) is 4.72 Å². The smallest absolute Gasteiger partial charge is 0.332 e. The lowest BCUT2D eigenvalue weighted by Gasteiger charge is -2.18. The van der Waals surface area contributed by atoms with Crippen LogP contribution in [0.4, 0.5) is 4.39 Å². The van der Waals surface area contributed by atoms with Gasteiger partial charge in [-0.05, 0) is 67.8 Å². The summed E-state index contributed by atoms with van der Waals surface area (Å²) in [7, 11) is -4.20. The molecule has 2 aromatic rings. The minimum absolute atomic E-state index is 0.00672. The Morgan fingerprint density at radius 1 is 1.17 bits per heavy atom. The zero-order valence-corrected chi connectivity index (χ0v) is 16.7. The van der Waals surface area contributed by atoms with Crippen molar-refractivity contribution in [3.05, 3.63) is 59.9 Å². The first-order chi connectivity index (χ1) is 14.2. The maximum absolute atomic E-state index is 13.1. The monoisotopic (exact) mass is 436 g/mol. The van der Waals surface area contributed by atoms with E-state index in [1.165, 1.54) is 24.3 Å². The molecule has 0 aliphatic carbocycles. The van der Waals surface area contributed by atoms with Gasteiger partial charge < -0.3 is 15.2 Å². The summed E-state index contributed by atoms with van der Waals surface area (Å²) in [6, 6.07) is 7.88. The molecule has 0 spiro atoms. The number of carbonyl (C=O) groups is 2. The van der Waals surface area contributed by atoms with Crippen molar-refractivity contribution in [3.8, 4) is 5.75 Å². The van der Waals surface area contributed by atoms with E-state index in [0.717, 1.165) is 30.7 Å². The van der Waals surface area contributed by atoms with Crippen molar-refractivity contribution in [1.82, 2.24) is 10.0 Å². The summed E-state index contributed by atoms with van der Waals surface area (Å²) in [6.45, 7) is 0.627. The van der Waals surface area contributed by atoms with Crippen LogP contribution >= 0.6 is 0 Å². The van der Waals surface area contributed by atoms with Crippen molar-refractivity contribution in [3.63, 3.8) is 0 Å². The van der Waals surface area contributed by atoms with E-state index < -0.39 is 39.9 Å². The Labute approximate surface area is 173 Å². The number of sulfonamides is 1. The van der Waals surface area contributed by atoms with Crippen molar-refractivity contribution < 1.29 is 32.2 Å². The van der Waals surface area contributed by atoms with E-state index in [1.807, 2.05) is 0 Å². The normalized spacial score (nSPS) is 17.4. The lowest BCUT2D eigenvalue weighted by Crippen LogP contribution is -2.45. The highest BCUT2D eigenvalue weighted by Gasteiger charge is 2.32. The highest BCUT2D eigenvalue weighted by atomic mass is 32.2. The summed E-state index contributed by atoms with van der Waals surface area (Å²) in [5.41, 5.74) is 0.531. The van der Waals surface area contributed by atoms with Crippen LogP contribution in [0.25, 0.3) is 0 Å². The molecule has 1 fully saturated rings. The second kappa shape index (κ2) is 9.33. The highest BCUT2D eigenvalue weighted by molar-refractivity contribution is 7.89. The van der Waals surface area contributed by atoms with Crippen molar-refractivity contribution in [2.24, 2.45) is 0 Å². The number of nitrogens with one attached hydrogen (secondary N) is 2. The van der Waals surface area contributed by atoms with Gasteiger partial charge in [0.05, 0.1) is 4.90 Å². The molecule has 1 aliphatic heterocycles. The van der Waals surface area contributed by atoms with Crippen LogP contribution < -0.4 is 10.0 Å². The van der Waals surface area contributed by atoms with E-state index in [9.17, 15) is 27.5 Å². The molecule has 3 N–H and O–H groups in total. The number of benzene rings is 2. The average Bonchev–Trinajstić information content (AvgIpc) is 3.24.